The fraction of sp³-hybridized carbons (Fsp3) is 0.478. The Hall–Kier alpha value is -3.12. The molecule has 1 amide bonds. The summed E-state index contributed by atoms with van der Waals surface area (Å²) in [5.74, 6) is -1.50. The zero-order chi connectivity index (χ0) is 25.4. The molecule has 2 rings (SSSR count). The number of carboxylic acid groups (broad SMARTS) is 1. The van der Waals surface area contributed by atoms with Gasteiger partial charge in [0, 0.05) is 12.5 Å². The second kappa shape index (κ2) is 12.4. The third-order valence-electron chi connectivity index (χ3n) is 5.38. The molecule has 6 N–H and O–H groups in total. The first kappa shape index (κ1) is 27.1. The van der Waals surface area contributed by atoms with Gasteiger partial charge >= 0.3 is 5.97 Å². The van der Waals surface area contributed by atoms with Crippen LogP contribution in [0, 0.1) is 0 Å². The number of rotatable bonds is 11. The van der Waals surface area contributed by atoms with Gasteiger partial charge in [0.1, 0.15) is 18.3 Å². The Morgan fingerprint density at radius 3 is 2.35 bits per heavy atom. The average molecular weight is 481 g/mol. The van der Waals surface area contributed by atoms with Crippen molar-refractivity contribution in [2.45, 2.75) is 50.2 Å². The van der Waals surface area contributed by atoms with Crippen LogP contribution in [-0.2, 0) is 20.7 Å². The summed E-state index contributed by atoms with van der Waals surface area (Å²) >= 11 is 0. The molecule has 5 atom stereocenters. The minimum absolute atomic E-state index is 0.0163. The monoisotopic (exact) mass is 481 g/mol. The zero-order valence-corrected chi connectivity index (χ0v) is 19.2. The molecule has 0 bridgehead atoms. The summed E-state index contributed by atoms with van der Waals surface area (Å²) < 4.78 is 15.9. The number of aliphatic hydroxyl groups excluding tert-OH is 4. The molecule has 11 heteroatoms. The topological polar surface area (TPSA) is 175 Å². The van der Waals surface area contributed by atoms with Crippen LogP contribution in [0.2, 0.25) is 0 Å². The molecule has 0 aromatic heterocycles. The number of nitrogens with one attached hydrogen (secondary N) is 1. The lowest BCUT2D eigenvalue weighted by Crippen LogP contribution is -2.61. The highest BCUT2D eigenvalue weighted by molar-refractivity contribution is 5.86. The van der Waals surface area contributed by atoms with Gasteiger partial charge < -0.3 is 45.1 Å². The molecule has 11 nitrogen and oxygen atoms in total. The molecule has 1 aliphatic heterocycles. The molecule has 0 aliphatic carbocycles. The van der Waals surface area contributed by atoms with Crippen molar-refractivity contribution in [1.82, 2.24) is 5.32 Å². The number of aliphatic carboxylic acids is 1. The Kier molecular flexibility index (Phi) is 9.87. The number of carbonyl (C=O) groups excluding carboxylic acids is 1. The van der Waals surface area contributed by atoms with Gasteiger partial charge in [-0.15, -0.1) is 0 Å². The molecule has 0 fully saturated rings. The third-order valence-corrected chi connectivity index (χ3v) is 5.38. The van der Waals surface area contributed by atoms with E-state index in [9.17, 15) is 30.0 Å². The van der Waals surface area contributed by atoms with Crippen LogP contribution < -0.4 is 14.8 Å². The van der Waals surface area contributed by atoms with Crippen molar-refractivity contribution in [2.75, 3.05) is 20.8 Å². The van der Waals surface area contributed by atoms with Crippen molar-refractivity contribution in [3.8, 4) is 11.5 Å². The molecule has 1 aromatic rings. The van der Waals surface area contributed by atoms with Gasteiger partial charge in [-0.05, 0) is 30.5 Å². The number of hydrogen-bond donors (Lipinski definition) is 6. The van der Waals surface area contributed by atoms with E-state index >= 15 is 0 Å². The molecule has 1 heterocycles. The van der Waals surface area contributed by atoms with E-state index in [2.05, 4.69) is 5.32 Å². The molecule has 1 aliphatic rings. The van der Waals surface area contributed by atoms with E-state index in [4.69, 9.17) is 19.3 Å². The number of aliphatic hydroxyl groups is 4. The van der Waals surface area contributed by atoms with E-state index in [-0.39, 0.29) is 12.0 Å². The Balaban J connectivity index is 2.27. The number of hydrogen-bond acceptors (Lipinski definition) is 9. The van der Waals surface area contributed by atoms with Crippen LogP contribution >= 0.6 is 0 Å². The van der Waals surface area contributed by atoms with Gasteiger partial charge in [-0.25, -0.2) is 4.79 Å². The van der Waals surface area contributed by atoms with Gasteiger partial charge in [-0.1, -0.05) is 18.2 Å². The maximum Gasteiger partial charge on any atom is 0.371 e. The molecule has 2 unspecified atom stereocenters. The predicted octanol–water partition coefficient (Wildman–Crippen LogP) is -0.490. The van der Waals surface area contributed by atoms with Crippen molar-refractivity contribution in [1.29, 1.82) is 0 Å². The maximum absolute atomic E-state index is 11.8. The van der Waals surface area contributed by atoms with Crippen molar-refractivity contribution in [3.63, 3.8) is 0 Å². The summed E-state index contributed by atoms with van der Waals surface area (Å²) in [6, 6.07) is 4.15. The number of methoxy groups -OCH3 is 2. The number of carbonyl (C=O) groups is 2. The van der Waals surface area contributed by atoms with Crippen LogP contribution in [0.25, 0.3) is 0 Å². The normalized spacial score (nSPS) is 22.1. The van der Waals surface area contributed by atoms with Crippen molar-refractivity contribution in [2.24, 2.45) is 0 Å². The van der Waals surface area contributed by atoms with Crippen LogP contribution in [0.3, 0.4) is 0 Å². The van der Waals surface area contributed by atoms with E-state index in [0.717, 1.165) is 5.56 Å². The minimum Gasteiger partial charge on any atom is -0.493 e. The largest absolute Gasteiger partial charge is 0.493 e. The minimum atomic E-state index is -1.77. The summed E-state index contributed by atoms with van der Waals surface area (Å²) in [5, 5.41) is 52.1. The van der Waals surface area contributed by atoms with Crippen molar-refractivity contribution >= 4 is 11.9 Å². The summed E-state index contributed by atoms with van der Waals surface area (Å²) in [7, 11) is 3.06. The smallest absolute Gasteiger partial charge is 0.371 e. The van der Waals surface area contributed by atoms with E-state index in [1.165, 1.54) is 21.1 Å². The van der Waals surface area contributed by atoms with Crippen LogP contribution in [-0.4, -0.2) is 88.7 Å². The molecule has 188 valence electrons. The molecular formula is C23H31NO10. The lowest BCUT2D eigenvalue weighted by molar-refractivity contribution is -0.150. The first-order valence-corrected chi connectivity index (χ1v) is 10.6. The van der Waals surface area contributed by atoms with Crippen LogP contribution in [0.15, 0.2) is 41.7 Å². The number of benzene rings is 1. The van der Waals surface area contributed by atoms with Crippen molar-refractivity contribution in [3.05, 3.63) is 47.2 Å². The highest BCUT2D eigenvalue weighted by Crippen LogP contribution is 2.31. The second-order valence-electron chi connectivity index (χ2n) is 7.72. The van der Waals surface area contributed by atoms with E-state index < -0.39 is 54.7 Å². The van der Waals surface area contributed by atoms with Gasteiger partial charge in [0.15, 0.2) is 17.6 Å². The number of ether oxygens (including phenoxy) is 3. The fourth-order valence-electron chi connectivity index (χ4n) is 3.66. The summed E-state index contributed by atoms with van der Waals surface area (Å²) in [5.41, 5.74) is 0.885. The van der Waals surface area contributed by atoms with Gasteiger partial charge in [0.2, 0.25) is 11.7 Å². The standard InChI is InChI=1S/C23H31NO10/c1-12(26)24-18-19(28)14(21(23(30)31)34-22(18)20(29)15(27)11-25)7-5-4-6-13-8-9-16(32-2)17(10-13)33-3/h4-5,8-10,15,18-20,22,25,27-29H,6-7,11H2,1-3H3,(H,24,26)(H,30,31)/t15?,18-,19+,20?,22-/m1/s1. The van der Waals surface area contributed by atoms with Crippen molar-refractivity contribution < 1.29 is 49.3 Å². The SMILES string of the molecule is COc1ccc(CC=CCC2=C(C(=O)O)O[C@@H](C(O)C(O)CO)[C@H](NC(C)=O)[C@H]2O)cc1OC. The highest BCUT2D eigenvalue weighted by Gasteiger charge is 2.46. The molecule has 0 radical (unpaired) electrons. The number of carboxylic acids is 1. The average Bonchev–Trinajstić information content (AvgIpc) is 2.82. The zero-order valence-electron chi connectivity index (χ0n) is 19.2. The van der Waals surface area contributed by atoms with Gasteiger partial charge in [0.25, 0.3) is 0 Å². The molecule has 1 aromatic carbocycles. The number of amides is 1. The second-order valence-corrected chi connectivity index (χ2v) is 7.72. The maximum atomic E-state index is 11.8. The van der Waals surface area contributed by atoms with E-state index in [1.54, 1.807) is 24.3 Å². The van der Waals surface area contributed by atoms with Gasteiger partial charge in [-0.3, -0.25) is 4.79 Å². The highest BCUT2D eigenvalue weighted by atomic mass is 16.5. The van der Waals surface area contributed by atoms with Crippen LogP contribution in [0.1, 0.15) is 18.9 Å². The Morgan fingerprint density at radius 2 is 1.79 bits per heavy atom. The number of allylic oxidation sites excluding steroid dienone is 2. The van der Waals surface area contributed by atoms with Crippen LogP contribution in [0.5, 0.6) is 11.5 Å². The lowest BCUT2D eigenvalue weighted by atomic mass is 9.87. The Labute approximate surface area is 196 Å². The van der Waals surface area contributed by atoms with E-state index in [1.807, 2.05) is 6.07 Å². The Bertz CT molecular complexity index is 928. The molecule has 0 spiro atoms. The van der Waals surface area contributed by atoms with E-state index in [0.29, 0.717) is 17.9 Å². The molecular weight excluding hydrogens is 450 g/mol. The Morgan fingerprint density at radius 1 is 1.15 bits per heavy atom. The molecule has 34 heavy (non-hydrogen) atoms. The molecule has 0 saturated heterocycles. The quantitative estimate of drug-likeness (QED) is 0.226. The fourth-order valence-corrected chi connectivity index (χ4v) is 3.66. The van der Waals surface area contributed by atoms with Crippen LogP contribution in [0.4, 0.5) is 0 Å². The van der Waals surface area contributed by atoms with Gasteiger partial charge in [0.05, 0.1) is 26.9 Å². The van der Waals surface area contributed by atoms with Gasteiger partial charge in [-0.2, -0.15) is 0 Å². The summed E-state index contributed by atoms with van der Waals surface area (Å²) in [6.07, 6.45) is -2.61. The summed E-state index contributed by atoms with van der Waals surface area (Å²) in [6.45, 7) is 0.347. The first-order valence-electron chi connectivity index (χ1n) is 10.6. The third kappa shape index (κ3) is 6.48. The predicted molar refractivity (Wildman–Crippen MR) is 119 cm³/mol. The first-order chi connectivity index (χ1) is 16.1. The summed E-state index contributed by atoms with van der Waals surface area (Å²) in [4.78, 5) is 23.5. The lowest BCUT2D eigenvalue weighted by Gasteiger charge is -2.40. The molecule has 0 saturated carbocycles.